The molecule has 2 atom stereocenters. The Kier molecular flexibility index (Phi) is 7.30. The highest BCUT2D eigenvalue weighted by Gasteiger charge is 2.24. The Morgan fingerprint density at radius 2 is 1.27 bits per heavy atom. The first kappa shape index (κ1) is 19.6. The van der Waals surface area contributed by atoms with E-state index in [2.05, 4.69) is 88.9 Å². The van der Waals surface area contributed by atoms with Crippen LogP contribution in [0.2, 0.25) is 0 Å². The van der Waals surface area contributed by atoms with Gasteiger partial charge in [0.25, 0.3) is 0 Å². The molecular formula is C23H31BrN2. The molecule has 3 rings (SSSR count). The molecule has 3 heteroatoms. The summed E-state index contributed by atoms with van der Waals surface area (Å²) in [7, 11) is 0. The first-order valence-electron chi connectivity index (χ1n) is 9.92. The normalized spacial score (nSPS) is 20.5. The van der Waals surface area contributed by atoms with Crippen molar-refractivity contribution in [2.24, 2.45) is 0 Å². The molecule has 0 amide bonds. The first-order valence-corrected chi connectivity index (χ1v) is 10.7. The van der Waals surface area contributed by atoms with Crippen LogP contribution in [-0.4, -0.2) is 12.1 Å². The van der Waals surface area contributed by atoms with Gasteiger partial charge in [-0.2, -0.15) is 0 Å². The van der Waals surface area contributed by atoms with Crippen LogP contribution in [0, 0.1) is 0 Å². The third kappa shape index (κ3) is 5.67. The highest BCUT2D eigenvalue weighted by Crippen LogP contribution is 2.20. The Balaban J connectivity index is 1.52. The third-order valence-corrected chi connectivity index (χ3v) is 5.99. The molecule has 0 radical (unpaired) electrons. The highest BCUT2D eigenvalue weighted by molar-refractivity contribution is 9.10. The number of nitrogens with one attached hydrogen (secondary N) is 2. The maximum Gasteiger partial charge on any atom is 0.0224 e. The summed E-state index contributed by atoms with van der Waals surface area (Å²) in [5.41, 5.74) is 4.15. The van der Waals surface area contributed by atoms with Crippen LogP contribution in [0.15, 0.2) is 53.0 Å². The molecule has 26 heavy (non-hydrogen) atoms. The van der Waals surface area contributed by atoms with Crippen LogP contribution in [0.5, 0.6) is 0 Å². The summed E-state index contributed by atoms with van der Waals surface area (Å²) in [6, 6.07) is 18.8. The van der Waals surface area contributed by atoms with E-state index < -0.39 is 0 Å². The molecule has 2 N–H and O–H groups in total. The molecule has 0 saturated heterocycles. The van der Waals surface area contributed by atoms with E-state index in [1.807, 2.05) is 0 Å². The number of halogens is 1. The smallest absolute Gasteiger partial charge is 0.0224 e. The number of rotatable bonds is 7. The summed E-state index contributed by atoms with van der Waals surface area (Å²) in [6.45, 7) is 6.40. The zero-order chi connectivity index (χ0) is 18.4. The van der Waals surface area contributed by atoms with Gasteiger partial charge in [-0.3, -0.25) is 0 Å². The van der Waals surface area contributed by atoms with Crippen molar-refractivity contribution in [3.63, 3.8) is 0 Å². The average molecular weight is 415 g/mol. The molecule has 0 heterocycles. The highest BCUT2D eigenvalue weighted by atomic mass is 79.9. The predicted octanol–water partition coefficient (Wildman–Crippen LogP) is 5.76. The molecule has 2 unspecified atom stereocenters. The maximum atomic E-state index is 3.81. The van der Waals surface area contributed by atoms with Crippen molar-refractivity contribution in [1.82, 2.24) is 10.6 Å². The van der Waals surface area contributed by atoms with E-state index in [1.54, 1.807) is 0 Å². The van der Waals surface area contributed by atoms with E-state index in [9.17, 15) is 0 Å². The largest absolute Gasteiger partial charge is 0.308 e. The molecule has 140 valence electrons. The summed E-state index contributed by atoms with van der Waals surface area (Å²) in [5, 5.41) is 7.60. The molecule has 1 fully saturated rings. The van der Waals surface area contributed by atoms with E-state index in [4.69, 9.17) is 0 Å². The lowest BCUT2D eigenvalue weighted by molar-refractivity contribution is 0.281. The molecular weight excluding hydrogens is 384 g/mol. The van der Waals surface area contributed by atoms with Crippen molar-refractivity contribution in [3.8, 4) is 0 Å². The fourth-order valence-electron chi connectivity index (χ4n) is 3.74. The Morgan fingerprint density at radius 3 is 1.73 bits per heavy atom. The Morgan fingerprint density at radius 1 is 0.808 bits per heavy atom. The standard InChI is InChI=1S/C23H31BrN2/c1-17(2)20-11-7-18(8-12-20)15-25-22-5-3-4-6-23(22)26-16-19-9-13-21(24)14-10-19/h7-14,17,22-23,25-26H,3-6,15-16H2,1-2H3. The van der Waals surface area contributed by atoms with Gasteiger partial charge in [-0.15, -0.1) is 0 Å². The second-order valence-electron chi connectivity index (χ2n) is 7.78. The van der Waals surface area contributed by atoms with E-state index in [1.165, 1.54) is 42.4 Å². The van der Waals surface area contributed by atoms with Gasteiger partial charge in [0, 0.05) is 29.6 Å². The Bertz CT molecular complexity index is 664. The monoisotopic (exact) mass is 414 g/mol. The molecule has 2 nitrogen and oxygen atoms in total. The molecule has 0 aliphatic heterocycles. The Labute approximate surface area is 166 Å². The van der Waals surface area contributed by atoms with Gasteiger partial charge in [-0.25, -0.2) is 0 Å². The van der Waals surface area contributed by atoms with E-state index in [-0.39, 0.29) is 0 Å². The molecule has 0 aromatic heterocycles. The lowest BCUT2D eigenvalue weighted by Gasteiger charge is -2.33. The minimum absolute atomic E-state index is 0.558. The van der Waals surface area contributed by atoms with E-state index in [0.717, 1.165) is 17.6 Å². The number of benzene rings is 2. The lowest BCUT2D eigenvalue weighted by atomic mass is 9.90. The fourth-order valence-corrected chi connectivity index (χ4v) is 4.00. The predicted molar refractivity (Wildman–Crippen MR) is 114 cm³/mol. The van der Waals surface area contributed by atoms with E-state index >= 15 is 0 Å². The molecule has 1 aliphatic rings. The van der Waals surface area contributed by atoms with Crippen molar-refractivity contribution < 1.29 is 0 Å². The summed E-state index contributed by atoms with van der Waals surface area (Å²) >= 11 is 3.51. The molecule has 1 saturated carbocycles. The van der Waals surface area contributed by atoms with Crippen LogP contribution in [0.3, 0.4) is 0 Å². The average Bonchev–Trinajstić information content (AvgIpc) is 2.67. The summed E-state index contributed by atoms with van der Waals surface area (Å²) in [4.78, 5) is 0. The van der Waals surface area contributed by atoms with Crippen LogP contribution in [0.4, 0.5) is 0 Å². The van der Waals surface area contributed by atoms with Gasteiger partial charge in [-0.05, 0) is 47.6 Å². The maximum absolute atomic E-state index is 3.81. The van der Waals surface area contributed by atoms with Crippen LogP contribution in [0.25, 0.3) is 0 Å². The van der Waals surface area contributed by atoms with Gasteiger partial charge in [0.05, 0.1) is 0 Å². The lowest BCUT2D eigenvalue weighted by Crippen LogP contribution is -2.49. The van der Waals surface area contributed by atoms with Gasteiger partial charge < -0.3 is 10.6 Å². The molecule has 2 aromatic rings. The molecule has 1 aliphatic carbocycles. The van der Waals surface area contributed by atoms with Crippen molar-refractivity contribution in [1.29, 1.82) is 0 Å². The van der Waals surface area contributed by atoms with Gasteiger partial charge in [0.2, 0.25) is 0 Å². The van der Waals surface area contributed by atoms with Gasteiger partial charge in [0.15, 0.2) is 0 Å². The summed E-state index contributed by atoms with van der Waals surface area (Å²) < 4.78 is 1.14. The van der Waals surface area contributed by atoms with Crippen LogP contribution >= 0.6 is 15.9 Å². The van der Waals surface area contributed by atoms with Crippen molar-refractivity contribution in [2.45, 2.75) is 70.6 Å². The summed E-state index contributed by atoms with van der Waals surface area (Å²) in [6.07, 6.45) is 5.20. The zero-order valence-corrected chi connectivity index (χ0v) is 17.6. The summed E-state index contributed by atoms with van der Waals surface area (Å²) in [5.74, 6) is 0.600. The molecule has 0 bridgehead atoms. The van der Waals surface area contributed by atoms with Crippen LogP contribution in [-0.2, 0) is 13.1 Å². The SMILES string of the molecule is CC(C)c1ccc(CNC2CCCCC2NCc2ccc(Br)cc2)cc1. The number of hydrogen-bond acceptors (Lipinski definition) is 2. The van der Waals surface area contributed by atoms with Crippen molar-refractivity contribution in [2.75, 3.05) is 0 Å². The van der Waals surface area contributed by atoms with Crippen molar-refractivity contribution in [3.05, 3.63) is 69.7 Å². The van der Waals surface area contributed by atoms with Gasteiger partial charge in [-0.1, -0.05) is 79.0 Å². The van der Waals surface area contributed by atoms with Gasteiger partial charge in [0.1, 0.15) is 0 Å². The minimum Gasteiger partial charge on any atom is -0.308 e. The second kappa shape index (κ2) is 9.68. The topological polar surface area (TPSA) is 24.1 Å². The van der Waals surface area contributed by atoms with Crippen molar-refractivity contribution >= 4 is 15.9 Å². The Hall–Kier alpha value is -1.16. The molecule has 0 spiro atoms. The number of hydrogen-bond donors (Lipinski definition) is 2. The second-order valence-corrected chi connectivity index (χ2v) is 8.70. The minimum atomic E-state index is 0.558. The first-order chi connectivity index (χ1) is 12.6. The molecule has 2 aromatic carbocycles. The quantitative estimate of drug-likeness (QED) is 0.601. The zero-order valence-electron chi connectivity index (χ0n) is 16.0. The van der Waals surface area contributed by atoms with Gasteiger partial charge >= 0.3 is 0 Å². The third-order valence-electron chi connectivity index (χ3n) is 5.46. The fraction of sp³-hybridized carbons (Fsp3) is 0.478. The van der Waals surface area contributed by atoms with Crippen LogP contribution in [0.1, 0.15) is 62.1 Å². The van der Waals surface area contributed by atoms with Crippen LogP contribution < -0.4 is 10.6 Å². The van der Waals surface area contributed by atoms with E-state index in [0.29, 0.717) is 18.0 Å².